The van der Waals surface area contributed by atoms with Crippen LogP contribution in [0.3, 0.4) is 0 Å². The lowest BCUT2D eigenvalue weighted by molar-refractivity contribution is -0.118. The van der Waals surface area contributed by atoms with Gasteiger partial charge in [-0.25, -0.2) is 4.98 Å². The molecule has 0 atom stereocenters. The lowest BCUT2D eigenvalue weighted by atomic mass is 10.2. The third-order valence-electron chi connectivity index (χ3n) is 5.96. The summed E-state index contributed by atoms with van der Waals surface area (Å²) in [5.74, 6) is 0.901. The summed E-state index contributed by atoms with van der Waals surface area (Å²) in [7, 11) is 1.62. The van der Waals surface area contributed by atoms with Gasteiger partial charge in [-0.15, -0.1) is 0 Å². The van der Waals surface area contributed by atoms with Gasteiger partial charge in [0, 0.05) is 25.3 Å². The monoisotopic (exact) mass is 496 g/mol. The van der Waals surface area contributed by atoms with Crippen LogP contribution in [-0.4, -0.2) is 61.2 Å². The number of nitrogens with zero attached hydrogens (tertiary/aromatic N) is 3. The number of carbonyl (C=O) groups excluding carboxylic acids is 1. The van der Waals surface area contributed by atoms with Gasteiger partial charge in [-0.1, -0.05) is 37.2 Å². The van der Waals surface area contributed by atoms with Gasteiger partial charge in [0.2, 0.25) is 5.91 Å². The number of benzene rings is 2. The second kappa shape index (κ2) is 12.1. The number of thioether (sulfide) groups is 1. The molecule has 8 nitrogen and oxygen atoms in total. The fraction of sp³-hybridized carbons (Fsp3) is 0.423. The van der Waals surface area contributed by atoms with Crippen LogP contribution in [0.4, 0.5) is 5.69 Å². The molecule has 0 aliphatic carbocycles. The molecule has 35 heavy (non-hydrogen) atoms. The maximum atomic E-state index is 13.7. The highest BCUT2D eigenvalue weighted by atomic mass is 32.2. The number of morpholine rings is 1. The predicted octanol–water partition coefficient (Wildman–Crippen LogP) is 3.30. The van der Waals surface area contributed by atoms with Gasteiger partial charge in [-0.05, 0) is 42.3 Å². The Hall–Kier alpha value is -3.04. The number of hydrogen-bond acceptors (Lipinski definition) is 7. The number of rotatable bonds is 10. The minimum Gasteiger partial charge on any atom is -0.497 e. The molecule has 1 aromatic heterocycles. The van der Waals surface area contributed by atoms with Crippen molar-refractivity contribution in [1.82, 2.24) is 14.9 Å². The van der Waals surface area contributed by atoms with Gasteiger partial charge in [0.05, 0.1) is 43.5 Å². The lowest BCUT2D eigenvalue weighted by Crippen LogP contribution is -2.36. The van der Waals surface area contributed by atoms with Crippen LogP contribution >= 0.6 is 11.8 Å². The first kappa shape index (κ1) is 25.1. The zero-order valence-electron chi connectivity index (χ0n) is 20.3. The molecule has 0 saturated carbocycles. The van der Waals surface area contributed by atoms with Crippen LogP contribution in [-0.2, 0) is 16.1 Å². The standard InChI is InChI=1S/C26H32N4O4S/c1-3-4-11-27-24(31)18-35-26-28-23-10-7-20(29-12-14-34-15-13-29)16-22(23)25(32)30(26)17-19-5-8-21(33-2)9-6-19/h5-10,16H,3-4,11-15,17-18H2,1-2H3,(H,27,31). The highest BCUT2D eigenvalue weighted by Gasteiger charge is 2.17. The zero-order chi connectivity index (χ0) is 24.6. The molecular formula is C26H32N4O4S. The third-order valence-corrected chi connectivity index (χ3v) is 6.94. The molecule has 186 valence electrons. The van der Waals surface area contributed by atoms with Gasteiger partial charge in [0.15, 0.2) is 5.16 Å². The Kier molecular flexibility index (Phi) is 8.65. The lowest BCUT2D eigenvalue weighted by Gasteiger charge is -2.29. The normalized spacial score (nSPS) is 13.7. The molecule has 1 aliphatic heterocycles. The Morgan fingerprint density at radius 3 is 2.66 bits per heavy atom. The molecule has 1 N–H and O–H groups in total. The molecule has 0 radical (unpaired) electrons. The number of nitrogens with one attached hydrogen (secondary N) is 1. The van der Waals surface area contributed by atoms with E-state index in [0.717, 1.165) is 42.9 Å². The highest BCUT2D eigenvalue weighted by Crippen LogP contribution is 2.24. The number of ether oxygens (including phenoxy) is 2. The van der Waals surface area contributed by atoms with E-state index >= 15 is 0 Å². The second-order valence-corrected chi connectivity index (χ2v) is 9.37. The molecular weight excluding hydrogens is 464 g/mol. The van der Waals surface area contributed by atoms with E-state index < -0.39 is 0 Å². The van der Waals surface area contributed by atoms with Crippen LogP contribution in [0.1, 0.15) is 25.3 Å². The van der Waals surface area contributed by atoms with E-state index in [2.05, 4.69) is 17.1 Å². The van der Waals surface area contributed by atoms with Crippen LogP contribution in [0, 0.1) is 0 Å². The predicted molar refractivity (Wildman–Crippen MR) is 140 cm³/mol. The van der Waals surface area contributed by atoms with Gasteiger partial charge < -0.3 is 19.7 Å². The molecule has 1 amide bonds. The van der Waals surface area contributed by atoms with E-state index in [4.69, 9.17) is 14.5 Å². The molecule has 1 fully saturated rings. The molecule has 0 spiro atoms. The van der Waals surface area contributed by atoms with Crippen LogP contribution in [0.2, 0.25) is 0 Å². The van der Waals surface area contributed by atoms with Crippen LogP contribution in [0.5, 0.6) is 5.75 Å². The number of anilines is 1. The SMILES string of the molecule is CCCCNC(=O)CSc1nc2ccc(N3CCOCC3)cc2c(=O)n1Cc1ccc(OC)cc1. The average Bonchev–Trinajstić information content (AvgIpc) is 2.90. The highest BCUT2D eigenvalue weighted by molar-refractivity contribution is 7.99. The smallest absolute Gasteiger partial charge is 0.262 e. The zero-order valence-corrected chi connectivity index (χ0v) is 21.1. The van der Waals surface area contributed by atoms with Crippen LogP contribution < -0.4 is 20.5 Å². The Morgan fingerprint density at radius 1 is 1.17 bits per heavy atom. The molecule has 2 heterocycles. The molecule has 1 aliphatic rings. The van der Waals surface area contributed by atoms with Crippen molar-refractivity contribution in [1.29, 1.82) is 0 Å². The summed E-state index contributed by atoms with van der Waals surface area (Å²) in [5.41, 5.74) is 2.46. The van der Waals surface area contributed by atoms with Gasteiger partial charge in [0.1, 0.15) is 5.75 Å². The first-order chi connectivity index (χ1) is 17.1. The van der Waals surface area contributed by atoms with E-state index in [-0.39, 0.29) is 17.2 Å². The first-order valence-electron chi connectivity index (χ1n) is 12.0. The quantitative estimate of drug-likeness (QED) is 0.262. The summed E-state index contributed by atoms with van der Waals surface area (Å²) in [6.07, 6.45) is 1.96. The second-order valence-electron chi connectivity index (χ2n) is 8.43. The Morgan fingerprint density at radius 2 is 1.94 bits per heavy atom. The maximum absolute atomic E-state index is 13.7. The average molecular weight is 497 g/mol. The van der Waals surface area contributed by atoms with Crippen molar-refractivity contribution < 1.29 is 14.3 Å². The van der Waals surface area contributed by atoms with E-state index in [1.165, 1.54) is 11.8 Å². The van der Waals surface area contributed by atoms with Crippen LogP contribution in [0.15, 0.2) is 52.4 Å². The van der Waals surface area contributed by atoms with E-state index in [0.29, 0.717) is 42.4 Å². The third kappa shape index (κ3) is 6.35. The number of amides is 1. The van der Waals surface area contributed by atoms with Gasteiger partial charge >= 0.3 is 0 Å². The number of carbonyl (C=O) groups is 1. The largest absolute Gasteiger partial charge is 0.497 e. The molecule has 0 bridgehead atoms. The number of aromatic nitrogens is 2. The van der Waals surface area contributed by atoms with Crippen LogP contribution in [0.25, 0.3) is 10.9 Å². The van der Waals surface area contributed by atoms with Gasteiger partial charge in [0.25, 0.3) is 5.56 Å². The first-order valence-corrected chi connectivity index (χ1v) is 13.0. The van der Waals surface area contributed by atoms with E-state index in [1.807, 2.05) is 42.5 Å². The number of hydrogen-bond donors (Lipinski definition) is 1. The van der Waals surface area contributed by atoms with E-state index in [9.17, 15) is 9.59 Å². The van der Waals surface area contributed by atoms with Crippen molar-refractivity contribution >= 4 is 34.3 Å². The summed E-state index contributed by atoms with van der Waals surface area (Å²) in [6, 6.07) is 13.4. The molecule has 2 aromatic carbocycles. The maximum Gasteiger partial charge on any atom is 0.262 e. The van der Waals surface area contributed by atoms with Gasteiger partial charge in [-0.2, -0.15) is 0 Å². The summed E-state index contributed by atoms with van der Waals surface area (Å²) < 4.78 is 12.4. The van der Waals surface area contributed by atoms with Crippen molar-refractivity contribution in [3.8, 4) is 5.75 Å². The van der Waals surface area contributed by atoms with Crippen molar-refractivity contribution in [3.63, 3.8) is 0 Å². The number of fused-ring (bicyclic) bond motifs is 1. The van der Waals surface area contributed by atoms with E-state index in [1.54, 1.807) is 11.7 Å². The van der Waals surface area contributed by atoms with Gasteiger partial charge in [-0.3, -0.25) is 14.2 Å². The number of unbranched alkanes of at least 4 members (excludes halogenated alkanes) is 1. The van der Waals surface area contributed by atoms with Crippen molar-refractivity contribution in [2.75, 3.05) is 50.6 Å². The fourth-order valence-electron chi connectivity index (χ4n) is 3.96. The molecule has 9 heteroatoms. The minimum absolute atomic E-state index is 0.0588. The summed E-state index contributed by atoms with van der Waals surface area (Å²) in [5, 5.41) is 4.03. The van der Waals surface area contributed by atoms with Crippen molar-refractivity contribution in [2.45, 2.75) is 31.5 Å². The number of methoxy groups -OCH3 is 1. The summed E-state index contributed by atoms with van der Waals surface area (Å²) in [6.45, 7) is 6.03. The molecule has 0 unspecified atom stereocenters. The molecule has 4 rings (SSSR count). The molecule has 1 saturated heterocycles. The Balaban J connectivity index is 1.66. The minimum atomic E-state index is -0.116. The fourth-order valence-corrected chi connectivity index (χ4v) is 4.78. The summed E-state index contributed by atoms with van der Waals surface area (Å²) in [4.78, 5) is 33.1. The summed E-state index contributed by atoms with van der Waals surface area (Å²) >= 11 is 1.29. The topological polar surface area (TPSA) is 85.7 Å². The van der Waals surface area contributed by atoms with Crippen molar-refractivity contribution in [2.24, 2.45) is 0 Å². The van der Waals surface area contributed by atoms with Crippen molar-refractivity contribution in [3.05, 3.63) is 58.4 Å². The molecule has 3 aromatic rings. The Labute approximate surface area is 209 Å². The Bertz CT molecular complexity index is 1210.